The first-order valence-electron chi connectivity index (χ1n) is 10.7. The smallest absolute Gasteiger partial charge is 0.255 e. The van der Waals surface area contributed by atoms with E-state index in [-0.39, 0.29) is 5.91 Å². The van der Waals surface area contributed by atoms with Gasteiger partial charge in [0.2, 0.25) is 0 Å². The van der Waals surface area contributed by atoms with Crippen molar-refractivity contribution in [2.24, 2.45) is 0 Å². The van der Waals surface area contributed by atoms with Gasteiger partial charge in [0.15, 0.2) is 0 Å². The topological polar surface area (TPSA) is 66.9 Å². The van der Waals surface area contributed by atoms with Crippen LogP contribution in [0.2, 0.25) is 0 Å². The Morgan fingerprint density at radius 2 is 1.52 bits per heavy atom. The monoisotopic (exact) mass is 430 g/mol. The number of fused-ring (bicyclic) bond motifs is 1. The Kier molecular flexibility index (Phi) is 5.52. The maximum atomic E-state index is 13.0. The fraction of sp³-hybridized carbons (Fsp3) is 0.0357. The molecule has 2 N–H and O–H groups in total. The van der Waals surface area contributed by atoms with Crippen molar-refractivity contribution in [2.75, 3.05) is 10.6 Å². The van der Waals surface area contributed by atoms with Crippen molar-refractivity contribution < 1.29 is 4.79 Å². The van der Waals surface area contributed by atoms with E-state index in [0.29, 0.717) is 17.2 Å². The van der Waals surface area contributed by atoms with Gasteiger partial charge in [-0.2, -0.15) is 0 Å². The summed E-state index contributed by atoms with van der Waals surface area (Å²) in [5, 5.41) is 8.44. The highest BCUT2D eigenvalue weighted by molar-refractivity contribution is 6.09. The summed E-state index contributed by atoms with van der Waals surface area (Å²) in [4.78, 5) is 22.0. The summed E-state index contributed by atoms with van der Waals surface area (Å²) >= 11 is 0. The Balaban J connectivity index is 1.39. The number of nitrogens with one attached hydrogen (secondary N) is 2. The lowest BCUT2D eigenvalue weighted by Gasteiger charge is -2.11. The molecular weight excluding hydrogens is 408 g/mol. The Morgan fingerprint density at radius 3 is 2.39 bits per heavy atom. The van der Waals surface area contributed by atoms with Crippen molar-refractivity contribution in [3.63, 3.8) is 0 Å². The molecule has 0 fully saturated rings. The Morgan fingerprint density at radius 1 is 0.758 bits per heavy atom. The highest BCUT2D eigenvalue weighted by Crippen LogP contribution is 2.25. The third-order valence-corrected chi connectivity index (χ3v) is 5.34. The fourth-order valence-corrected chi connectivity index (χ4v) is 3.80. The quantitative estimate of drug-likeness (QED) is 0.330. The molecule has 160 valence electrons. The number of carbonyl (C=O) groups excluding carboxylic acids is 1. The molecule has 1 heterocycles. The molecule has 5 nitrogen and oxygen atoms in total. The minimum Gasteiger partial charge on any atom is -0.340 e. The zero-order valence-corrected chi connectivity index (χ0v) is 18.1. The number of aryl methyl sites for hydroxylation is 1. The van der Waals surface area contributed by atoms with Gasteiger partial charge in [0.1, 0.15) is 11.6 Å². The van der Waals surface area contributed by atoms with E-state index < -0.39 is 0 Å². The molecule has 0 spiro atoms. The average Bonchev–Trinajstić information content (AvgIpc) is 2.85. The second kappa shape index (κ2) is 8.93. The van der Waals surface area contributed by atoms with Gasteiger partial charge in [-0.25, -0.2) is 9.97 Å². The molecule has 0 radical (unpaired) electrons. The van der Waals surface area contributed by atoms with E-state index >= 15 is 0 Å². The predicted octanol–water partition coefficient (Wildman–Crippen LogP) is 6.60. The van der Waals surface area contributed by atoms with E-state index in [2.05, 4.69) is 20.6 Å². The van der Waals surface area contributed by atoms with Crippen molar-refractivity contribution in [1.82, 2.24) is 9.97 Å². The highest BCUT2D eigenvalue weighted by atomic mass is 16.1. The predicted molar refractivity (Wildman–Crippen MR) is 134 cm³/mol. The van der Waals surface area contributed by atoms with E-state index in [1.54, 1.807) is 6.07 Å². The largest absolute Gasteiger partial charge is 0.340 e. The zero-order valence-electron chi connectivity index (χ0n) is 18.1. The molecule has 0 bridgehead atoms. The van der Waals surface area contributed by atoms with Crippen molar-refractivity contribution in [3.05, 3.63) is 115 Å². The van der Waals surface area contributed by atoms with Gasteiger partial charge in [-0.3, -0.25) is 4.79 Å². The second-order valence-corrected chi connectivity index (χ2v) is 7.74. The first-order valence-corrected chi connectivity index (χ1v) is 10.7. The number of nitrogens with zero attached hydrogens (tertiary/aromatic N) is 2. The Hall–Kier alpha value is -4.51. The summed E-state index contributed by atoms with van der Waals surface area (Å²) in [6, 6.07) is 33.1. The Labute approximate surface area is 192 Å². The van der Waals surface area contributed by atoms with E-state index in [1.165, 1.54) is 0 Å². The van der Waals surface area contributed by atoms with Crippen LogP contribution in [0.15, 0.2) is 103 Å². The van der Waals surface area contributed by atoms with Gasteiger partial charge < -0.3 is 10.6 Å². The fourth-order valence-electron chi connectivity index (χ4n) is 3.80. The van der Waals surface area contributed by atoms with Gasteiger partial charge in [-0.05, 0) is 36.6 Å². The molecule has 33 heavy (non-hydrogen) atoms. The molecule has 0 unspecified atom stereocenters. The van der Waals surface area contributed by atoms with Crippen LogP contribution in [0.4, 0.5) is 17.2 Å². The van der Waals surface area contributed by atoms with E-state index in [0.717, 1.165) is 33.4 Å². The van der Waals surface area contributed by atoms with E-state index in [9.17, 15) is 4.79 Å². The lowest BCUT2D eigenvalue weighted by atomic mass is 10.1. The summed E-state index contributed by atoms with van der Waals surface area (Å²) in [5.74, 6) is 1.18. The average molecular weight is 431 g/mol. The number of benzene rings is 4. The molecule has 0 aliphatic rings. The van der Waals surface area contributed by atoms with Crippen LogP contribution in [0.25, 0.3) is 22.0 Å². The summed E-state index contributed by atoms with van der Waals surface area (Å²) in [5.41, 5.74) is 3.99. The van der Waals surface area contributed by atoms with Gasteiger partial charge in [0, 0.05) is 34.0 Å². The third kappa shape index (κ3) is 4.57. The van der Waals surface area contributed by atoms with Crippen LogP contribution >= 0.6 is 0 Å². The van der Waals surface area contributed by atoms with Gasteiger partial charge in [-0.1, -0.05) is 72.8 Å². The molecule has 1 aromatic heterocycles. The normalized spacial score (nSPS) is 10.7. The van der Waals surface area contributed by atoms with Gasteiger partial charge in [-0.15, -0.1) is 0 Å². The number of anilines is 3. The first-order chi connectivity index (χ1) is 16.2. The van der Waals surface area contributed by atoms with Crippen molar-refractivity contribution in [2.45, 2.75) is 6.92 Å². The number of carbonyl (C=O) groups is 1. The summed E-state index contributed by atoms with van der Waals surface area (Å²) in [7, 11) is 0. The second-order valence-electron chi connectivity index (χ2n) is 7.74. The number of amides is 1. The minimum absolute atomic E-state index is 0.168. The van der Waals surface area contributed by atoms with E-state index in [1.807, 2.05) is 104 Å². The molecule has 1 amide bonds. The van der Waals surface area contributed by atoms with Gasteiger partial charge in [0.05, 0.1) is 5.69 Å². The van der Waals surface area contributed by atoms with Crippen LogP contribution in [0, 0.1) is 6.92 Å². The Bertz CT molecular complexity index is 1440. The number of hydrogen-bond acceptors (Lipinski definition) is 4. The molecule has 5 rings (SSSR count). The number of aromatic nitrogens is 2. The van der Waals surface area contributed by atoms with Crippen LogP contribution in [-0.4, -0.2) is 15.9 Å². The van der Waals surface area contributed by atoms with E-state index in [4.69, 9.17) is 0 Å². The molecule has 0 saturated heterocycles. The maximum Gasteiger partial charge on any atom is 0.255 e. The SMILES string of the molecule is Cc1nc(Nc2cccc(C(=O)Nc3cccc4ccccc34)c2)cc(-c2ccccc2)n1. The number of rotatable bonds is 5. The van der Waals surface area contributed by atoms with Crippen LogP contribution in [0.1, 0.15) is 16.2 Å². The lowest BCUT2D eigenvalue weighted by Crippen LogP contribution is -2.12. The van der Waals surface area contributed by atoms with Crippen LogP contribution in [-0.2, 0) is 0 Å². The number of hydrogen-bond donors (Lipinski definition) is 2. The summed E-state index contributed by atoms with van der Waals surface area (Å²) in [6.45, 7) is 1.87. The third-order valence-electron chi connectivity index (χ3n) is 5.34. The van der Waals surface area contributed by atoms with Crippen molar-refractivity contribution >= 4 is 33.9 Å². The molecule has 5 heteroatoms. The standard InChI is InChI=1S/C28H22N4O/c1-19-29-26(21-10-3-2-4-11-21)18-27(30-19)31-23-14-7-13-22(17-23)28(33)32-25-16-8-12-20-9-5-6-15-24(20)25/h2-18H,1H3,(H,32,33)(H,29,30,31). The molecule has 0 aliphatic carbocycles. The molecule has 0 saturated carbocycles. The molecule has 0 atom stereocenters. The molecule has 5 aromatic rings. The highest BCUT2D eigenvalue weighted by Gasteiger charge is 2.10. The zero-order chi connectivity index (χ0) is 22.6. The van der Waals surface area contributed by atoms with Crippen molar-refractivity contribution in [3.8, 4) is 11.3 Å². The van der Waals surface area contributed by atoms with Crippen LogP contribution in [0.3, 0.4) is 0 Å². The lowest BCUT2D eigenvalue weighted by molar-refractivity contribution is 0.102. The molecule has 0 aliphatic heterocycles. The molecule has 4 aromatic carbocycles. The van der Waals surface area contributed by atoms with Gasteiger partial charge in [0.25, 0.3) is 5.91 Å². The first kappa shape index (κ1) is 20.4. The van der Waals surface area contributed by atoms with Gasteiger partial charge >= 0.3 is 0 Å². The van der Waals surface area contributed by atoms with Crippen LogP contribution in [0.5, 0.6) is 0 Å². The maximum absolute atomic E-state index is 13.0. The molecular formula is C28H22N4O. The summed E-state index contributed by atoms with van der Waals surface area (Å²) < 4.78 is 0. The van der Waals surface area contributed by atoms with Crippen molar-refractivity contribution in [1.29, 1.82) is 0 Å². The summed E-state index contributed by atoms with van der Waals surface area (Å²) in [6.07, 6.45) is 0. The van der Waals surface area contributed by atoms with Crippen LogP contribution < -0.4 is 10.6 Å². The minimum atomic E-state index is -0.168.